The lowest BCUT2D eigenvalue weighted by Gasteiger charge is -2.35. The molecule has 0 bridgehead atoms. The van der Waals surface area contributed by atoms with E-state index in [4.69, 9.17) is 0 Å². The van der Waals surface area contributed by atoms with E-state index in [1.807, 2.05) is 6.07 Å². The van der Waals surface area contributed by atoms with Gasteiger partial charge in [-0.3, -0.25) is 9.69 Å². The molecule has 2 heterocycles. The van der Waals surface area contributed by atoms with Crippen LogP contribution in [0.3, 0.4) is 0 Å². The number of aromatic nitrogens is 1. The van der Waals surface area contributed by atoms with E-state index in [2.05, 4.69) is 119 Å². The summed E-state index contributed by atoms with van der Waals surface area (Å²) in [6.07, 6.45) is 7.10. The van der Waals surface area contributed by atoms with Crippen LogP contribution < -0.4 is 0 Å². The van der Waals surface area contributed by atoms with Gasteiger partial charge in [-0.15, -0.1) is 0 Å². The Morgan fingerprint density at radius 2 is 1.58 bits per heavy atom. The number of hydrogen-bond donors (Lipinski definition) is 0. The molecule has 1 amide bonds. The summed E-state index contributed by atoms with van der Waals surface area (Å²) in [5.74, 6) is 0.282. The molecule has 1 aliphatic heterocycles. The first-order chi connectivity index (χ1) is 17.6. The Bertz CT molecular complexity index is 1330. The monoisotopic (exact) mass is 477 g/mol. The lowest BCUT2D eigenvalue weighted by atomic mass is 9.87. The van der Waals surface area contributed by atoms with Crippen molar-refractivity contribution in [3.63, 3.8) is 0 Å². The lowest BCUT2D eigenvalue weighted by Crippen LogP contribution is -2.48. The van der Waals surface area contributed by atoms with Crippen molar-refractivity contribution in [3.05, 3.63) is 113 Å². The molecule has 1 aromatic heterocycles. The Morgan fingerprint density at radius 1 is 0.889 bits per heavy atom. The maximum atomic E-state index is 13.6. The summed E-state index contributed by atoms with van der Waals surface area (Å²) >= 11 is 0. The Kier molecular flexibility index (Phi) is 7.33. The molecule has 1 saturated heterocycles. The molecule has 4 nitrogen and oxygen atoms in total. The van der Waals surface area contributed by atoms with E-state index in [1.165, 1.54) is 33.2 Å². The highest BCUT2D eigenvalue weighted by Crippen LogP contribution is 2.35. The Balaban J connectivity index is 1.27. The third kappa shape index (κ3) is 5.44. The second-order valence-electron chi connectivity index (χ2n) is 9.87. The van der Waals surface area contributed by atoms with Crippen LogP contribution in [0.15, 0.2) is 91.1 Å². The summed E-state index contributed by atoms with van der Waals surface area (Å²) < 4.78 is 2.18. The molecule has 0 spiro atoms. The van der Waals surface area contributed by atoms with Crippen LogP contribution in [0.2, 0.25) is 0 Å². The molecule has 0 aliphatic carbocycles. The molecule has 3 aromatic carbocycles. The molecule has 0 N–H and O–H groups in total. The molecule has 4 aromatic rings. The number of aryl methyl sites for hydroxylation is 2. The van der Waals surface area contributed by atoms with Gasteiger partial charge in [-0.25, -0.2) is 0 Å². The number of nitrogens with zero attached hydrogens (tertiary/aromatic N) is 3. The molecule has 5 rings (SSSR count). The highest BCUT2D eigenvalue weighted by molar-refractivity contribution is 5.86. The van der Waals surface area contributed by atoms with Crippen molar-refractivity contribution < 1.29 is 4.79 Å². The topological polar surface area (TPSA) is 28.5 Å². The van der Waals surface area contributed by atoms with Crippen molar-refractivity contribution in [2.45, 2.75) is 19.3 Å². The molecule has 1 atom stereocenters. The van der Waals surface area contributed by atoms with Crippen LogP contribution in [0.4, 0.5) is 0 Å². The van der Waals surface area contributed by atoms with Gasteiger partial charge in [0.15, 0.2) is 0 Å². The molecular weight excluding hydrogens is 442 g/mol. The molecule has 1 aliphatic rings. The van der Waals surface area contributed by atoms with Crippen molar-refractivity contribution in [3.8, 4) is 0 Å². The number of benzene rings is 3. The summed E-state index contributed by atoms with van der Waals surface area (Å²) in [5.41, 5.74) is 6.10. The number of carbonyl (C=O) groups excluding carboxylic acids is 1. The molecular formula is C32H35N3O. The largest absolute Gasteiger partial charge is 0.350 e. The molecule has 36 heavy (non-hydrogen) atoms. The molecule has 0 unspecified atom stereocenters. The van der Waals surface area contributed by atoms with Crippen molar-refractivity contribution in [1.82, 2.24) is 14.4 Å². The quantitative estimate of drug-likeness (QED) is 0.333. The van der Waals surface area contributed by atoms with E-state index >= 15 is 0 Å². The average molecular weight is 478 g/mol. The fourth-order valence-electron chi connectivity index (χ4n) is 5.24. The van der Waals surface area contributed by atoms with Gasteiger partial charge >= 0.3 is 0 Å². The summed E-state index contributed by atoms with van der Waals surface area (Å²) in [7, 11) is 2.09. The van der Waals surface area contributed by atoms with Gasteiger partial charge in [-0.2, -0.15) is 0 Å². The molecule has 1 fully saturated rings. The number of carbonyl (C=O) groups is 1. The fraction of sp³-hybridized carbons (Fsp3) is 0.281. The van der Waals surface area contributed by atoms with Gasteiger partial charge in [0.1, 0.15) is 0 Å². The van der Waals surface area contributed by atoms with Crippen molar-refractivity contribution >= 4 is 22.9 Å². The summed E-state index contributed by atoms with van der Waals surface area (Å²) in [4.78, 5) is 18.0. The minimum atomic E-state index is 0.0380. The van der Waals surface area contributed by atoms with Gasteiger partial charge in [0.25, 0.3) is 0 Å². The van der Waals surface area contributed by atoms with Gasteiger partial charge in [0.2, 0.25) is 5.91 Å². The van der Waals surface area contributed by atoms with Crippen molar-refractivity contribution in [1.29, 1.82) is 0 Å². The highest BCUT2D eigenvalue weighted by atomic mass is 16.2. The van der Waals surface area contributed by atoms with E-state index in [-0.39, 0.29) is 11.8 Å². The van der Waals surface area contributed by atoms with Crippen molar-refractivity contribution in [2.24, 2.45) is 7.05 Å². The van der Waals surface area contributed by atoms with Crippen LogP contribution in [0.1, 0.15) is 34.6 Å². The SMILES string of the molecule is Cc1ccc([C@@H](CC(=O)N2CCN(C/C=C/c3ccccc3)CC2)c2cn(C)c3ccccc23)cc1. The van der Waals surface area contributed by atoms with E-state index in [9.17, 15) is 4.79 Å². The third-order valence-electron chi connectivity index (χ3n) is 7.36. The smallest absolute Gasteiger partial charge is 0.223 e. The van der Waals surface area contributed by atoms with E-state index in [0.717, 1.165) is 32.7 Å². The normalized spacial score (nSPS) is 15.6. The van der Waals surface area contributed by atoms with E-state index in [1.54, 1.807) is 0 Å². The van der Waals surface area contributed by atoms with Gasteiger partial charge in [0.05, 0.1) is 0 Å². The zero-order valence-corrected chi connectivity index (χ0v) is 21.3. The van der Waals surface area contributed by atoms with Gasteiger partial charge in [-0.1, -0.05) is 90.5 Å². The van der Waals surface area contributed by atoms with Crippen LogP contribution >= 0.6 is 0 Å². The zero-order valence-electron chi connectivity index (χ0n) is 21.3. The van der Waals surface area contributed by atoms with Crippen LogP contribution in [0, 0.1) is 6.92 Å². The Morgan fingerprint density at radius 3 is 2.33 bits per heavy atom. The first kappa shape index (κ1) is 24.1. The Labute approximate surface area is 214 Å². The summed E-state index contributed by atoms with van der Waals surface area (Å²) in [6.45, 7) is 6.42. The van der Waals surface area contributed by atoms with Crippen molar-refractivity contribution in [2.75, 3.05) is 32.7 Å². The molecule has 0 saturated carbocycles. The number of amides is 1. The van der Waals surface area contributed by atoms with E-state index in [0.29, 0.717) is 6.42 Å². The number of rotatable bonds is 7. The first-order valence-corrected chi connectivity index (χ1v) is 12.9. The van der Waals surface area contributed by atoms with Gasteiger partial charge in [0, 0.05) is 69.2 Å². The highest BCUT2D eigenvalue weighted by Gasteiger charge is 2.27. The number of piperazine rings is 1. The zero-order chi connectivity index (χ0) is 24.9. The first-order valence-electron chi connectivity index (χ1n) is 12.9. The van der Waals surface area contributed by atoms with Crippen LogP contribution in [-0.4, -0.2) is 53.0 Å². The summed E-state index contributed by atoms with van der Waals surface area (Å²) in [6, 6.07) is 27.6. The second kappa shape index (κ2) is 11.0. The van der Waals surface area contributed by atoms with Gasteiger partial charge < -0.3 is 9.47 Å². The predicted molar refractivity (Wildman–Crippen MR) is 149 cm³/mol. The minimum absolute atomic E-state index is 0.0380. The fourth-order valence-corrected chi connectivity index (χ4v) is 5.24. The number of para-hydroxylation sites is 1. The second-order valence-corrected chi connectivity index (χ2v) is 9.87. The molecule has 0 radical (unpaired) electrons. The summed E-state index contributed by atoms with van der Waals surface area (Å²) in [5, 5.41) is 1.23. The van der Waals surface area contributed by atoms with Crippen LogP contribution in [0.5, 0.6) is 0 Å². The predicted octanol–water partition coefficient (Wildman–Crippen LogP) is 5.87. The van der Waals surface area contributed by atoms with Crippen LogP contribution in [0.25, 0.3) is 17.0 Å². The number of fused-ring (bicyclic) bond motifs is 1. The third-order valence-corrected chi connectivity index (χ3v) is 7.36. The molecule has 184 valence electrons. The van der Waals surface area contributed by atoms with E-state index < -0.39 is 0 Å². The standard InChI is InChI=1S/C32H35N3O/c1-25-14-16-27(17-15-25)29(30-24-33(2)31-13-7-6-12-28(30)31)23-32(36)35-21-19-34(20-22-35)18-8-11-26-9-4-3-5-10-26/h3-17,24,29H,18-23H2,1-2H3/b11-8+/t29-/m1/s1. The number of hydrogen-bond acceptors (Lipinski definition) is 2. The van der Waals surface area contributed by atoms with Gasteiger partial charge in [-0.05, 0) is 29.7 Å². The minimum Gasteiger partial charge on any atom is -0.350 e. The maximum absolute atomic E-state index is 13.6. The molecule has 4 heteroatoms. The average Bonchev–Trinajstić information content (AvgIpc) is 3.25. The lowest BCUT2D eigenvalue weighted by molar-refractivity contribution is -0.133. The maximum Gasteiger partial charge on any atom is 0.223 e. The Hall–Kier alpha value is -3.63. The van der Waals surface area contributed by atoms with Crippen LogP contribution in [-0.2, 0) is 11.8 Å².